The molecule has 0 amide bonds. The summed E-state index contributed by atoms with van der Waals surface area (Å²) in [6.45, 7) is 3.15. The monoisotopic (exact) mass is 307 g/mol. The van der Waals surface area contributed by atoms with E-state index in [1.165, 1.54) is 37.7 Å². The van der Waals surface area contributed by atoms with Crippen LogP contribution in [0.2, 0.25) is 5.02 Å². The van der Waals surface area contributed by atoms with E-state index in [1.807, 2.05) is 12.1 Å². The molecule has 0 aromatic heterocycles. The Labute approximate surface area is 133 Å². The number of halogens is 1. The highest BCUT2D eigenvalue weighted by molar-refractivity contribution is 6.31. The third-order valence-corrected chi connectivity index (χ3v) is 5.78. The zero-order valence-electron chi connectivity index (χ0n) is 13.1. The smallest absolute Gasteiger partial charge is 0.120 e. The third kappa shape index (κ3) is 3.22. The summed E-state index contributed by atoms with van der Waals surface area (Å²) in [6, 6.07) is 6.45. The molecular formula is C18H26ClNO. The van der Waals surface area contributed by atoms with Crippen molar-refractivity contribution in [3.8, 4) is 5.75 Å². The van der Waals surface area contributed by atoms with Crippen LogP contribution in [0.5, 0.6) is 5.75 Å². The zero-order valence-corrected chi connectivity index (χ0v) is 13.8. The van der Waals surface area contributed by atoms with Crippen LogP contribution in [0.3, 0.4) is 0 Å². The predicted octanol–water partition coefficient (Wildman–Crippen LogP) is 4.83. The number of benzene rings is 1. The summed E-state index contributed by atoms with van der Waals surface area (Å²) in [5.41, 5.74) is 1.22. The van der Waals surface area contributed by atoms with Crippen LogP contribution in [0.4, 0.5) is 0 Å². The number of ether oxygens (including phenoxy) is 1. The first-order valence-corrected chi connectivity index (χ1v) is 8.65. The van der Waals surface area contributed by atoms with Crippen molar-refractivity contribution in [3.63, 3.8) is 0 Å². The van der Waals surface area contributed by atoms with Gasteiger partial charge in [0.1, 0.15) is 5.75 Å². The maximum absolute atomic E-state index is 6.48. The molecule has 1 aromatic carbocycles. The first kappa shape index (κ1) is 15.2. The minimum Gasteiger partial charge on any atom is -0.497 e. The minimum atomic E-state index is 0.373. The molecule has 2 fully saturated rings. The fraction of sp³-hybridized carbons (Fsp3) is 0.667. The van der Waals surface area contributed by atoms with Crippen molar-refractivity contribution in [1.82, 2.24) is 5.32 Å². The highest BCUT2D eigenvalue weighted by Gasteiger charge is 2.40. The highest BCUT2D eigenvalue weighted by atomic mass is 35.5. The van der Waals surface area contributed by atoms with Crippen molar-refractivity contribution < 1.29 is 4.74 Å². The summed E-state index contributed by atoms with van der Waals surface area (Å²) in [5.74, 6) is 3.69. The van der Waals surface area contributed by atoms with Gasteiger partial charge in [0.05, 0.1) is 7.11 Å². The zero-order chi connectivity index (χ0) is 14.8. The second-order valence-corrected chi connectivity index (χ2v) is 7.08. The van der Waals surface area contributed by atoms with Gasteiger partial charge >= 0.3 is 0 Å². The summed E-state index contributed by atoms with van der Waals surface area (Å²) < 4.78 is 5.26. The number of fused-ring (bicyclic) bond motifs is 2. The molecule has 3 heteroatoms. The molecule has 0 aliphatic heterocycles. The van der Waals surface area contributed by atoms with E-state index in [1.54, 1.807) is 7.11 Å². The molecule has 3 rings (SSSR count). The molecule has 2 aliphatic carbocycles. The van der Waals surface area contributed by atoms with Crippen molar-refractivity contribution in [3.05, 3.63) is 28.8 Å². The molecule has 0 heterocycles. The fourth-order valence-electron chi connectivity index (χ4n) is 4.45. The molecule has 1 N–H and O–H groups in total. The lowest BCUT2D eigenvalue weighted by Gasteiger charge is -2.28. The minimum absolute atomic E-state index is 0.373. The molecule has 0 radical (unpaired) electrons. The van der Waals surface area contributed by atoms with Crippen LogP contribution < -0.4 is 10.1 Å². The van der Waals surface area contributed by atoms with Gasteiger partial charge in [-0.2, -0.15) is 0 Å². The van der Waals surface area contributed by atoms with Gasteiger partial charge in [-0.3, -0.25) is 0 Å². The van der Waals surface area contributed by atoms with Crippen molar-refractivity contribution in [1.29, 1.82) is 0 Å². The van der Waals surface area contributed by atoms with Gasteiger partial charge in [-0.15, -0.1) is 0 Å². The Bertz CT molecular complexity index is 490. The Morgan fingerprint density at radius 2 is 2.19 bits per heavy atom. The first-order valence-electron chi connectivity index (χ1n) is 8.28. The van der Waals surface area contributed by atoms with Gasteiger partial charge in [0, 0.05) is 11.1 Å². The Morgan fingerprint density at radius 3 is 2.76 bits per heavy atom. The lowest BCUT2D eigenvalue weighted by molar-refractivity contribution is 0.280. The Kier molecular flexibility index (Phi) is 4.75. The standard InChI is InChI=1S/C18H26ClNO/c1-3-20-18(10-14-9-12-4-5-13(14)8-12)16-7-6-15(21-2)11-17(16)19/h6-7,11-14,18,20H,3-5,8-10H2,1-2H3. The second-order valence-electron chi connectivity index (χ2n) is 6.67. The Balaban J connectivity index is 1.74. The van der Waals surface area contributed by atoms with E-state index >= 15 is 0 Å². The Hall–Kier alpha value is -0.730. The van der Waals surface area contributed by atoms with Crippen LogP contribution in [-0.4, -0.2) is 13.7 Å². The fourth-order valence-corrected chi connectivity index (χ4v) is 4.75. The summed E-state index contributed by atoms with van der Waals surface area (Å²) in [5, 5.41) is 4.46. The lowest BCUT2D eigenvalue weighted by atomic mass is 9.82. The number of rotatable bonds is 6. The second kappa shape index (κ2) is 6.58. The molecule has 2 aliphatic rings. The number of methoxy groups -OCH3 is 1. The molecule has 0 spiro atoms. The van der Waals surface area contributed by atoms with Crippen molar-refractivity contribution in [2.45, 2.75) is 45.1 Å². The molecule has 0 saturated heterocycles. The van der Waals surface area contributed by atoms with E-state index in [9.17, 15) is 0 Å². The molecule has 21 heavy (non-hydrogen) atoms. The van der Waals surface area contributed by atoms with Crippen LogP contribution in [-0.2, 0) is 0 Å². The highest BCUT2D eigenvalue weighted by Crippen LogP contribution is 2.51. The maximum atomic E-state index is 6.48. The molecule has 4 unspecified atom stereocenters. The summed E-state index contributed by atoms with van der Waals surface area (Å²) >= 11 is 6.48. The van der Waals surface area contributed by atoms with Gasteiger partial charge in [0.2, 0.25) is 0 Å². The number of hydrogen-bond donors (Lipinski definition) is 1. The van der Waals surface area contributed by atoms with Gasteiger partial charge < -0.3 is 10.1 Å². The van der Waals surface area contributed by atoms with Crippen LogP contribution in [0.1, 0.15) is 50.6 Å². The quantitative estimate of drug-likeness (QED) is 0.813. The Morgan fingerprint density at radius 1 is 1.33 bits per heavy atom. The largest absolute Gasteiger partial charge is 0.497 e. The van der Waals surface area contributed by atoms with Crippen molar-refractivity contribution in [2.75, 3.05) is 13.7 Å². The van der Waals surface area contributed by atoms with Crippen LogP contribution in [0, 0.1) is 17.8 Å². The van der Waals surface area contributed by atoms with Gasteiger partial charge in [-0.05, 0) is 67.7 Å². The molecule has 2 saturated carbocycles. The normalized spacial score (nSPS) is 28.8. The van der Waals surface area contributed by atoms with Crippen molar-refractivity contribution >= 4 is 11.6 Å². The maximum Gasteiger partial charge on any atom is 0.120 e. The topological polar surface area (TPSA) is 21.3 Å². The van der Waals surface area contributed by atoms with Gasteiger partial charge in [-0.25, -0.2) is 0 Å². The molecule has 2 nitrogen and oxygen atoms in total. The molecule has 4 atom stereocenters. The van der Waals surface area contributed by atoms with Crippen LogP contribution in [0.15, 0.2) is 18.2 Å². The van der Waals surface area contributed by atoms with Crippen LogP contribution in [0.25, 0.3) is 0 Å². The van der Waals surface area contributed by atoms with Crippen molar-refractivity contribution in [2.24, 2.45) is 17.8 Å². The van der Waals surface area contributed by atoms with Gasteiger partial charge in [0.15, 0.2) is 0 Å². The SMILES string of the molecule is CCNC(CC1CC2CCC1C2)c1ccc(OC)cc1Cl. The number of nitrogens with one attached hydrogen (secondary N) is 1. The van der Waals surface area contributed by atoms with E-state index < -0.39 is 0 Å². The average Bonchev–Trinajstić information content (AvgIpc) is 3.09. The van der Waals surface area contributed by atoms with E-state index in [2.05, 4.69) is 18.3 Å². The van der Waals surface area contributed by atoms with E-state index in [0.29, 0.717) is 6.04 Å². The van der Waals surface area contributed by atoms with Gasteiger partial charge in [0.25, 0.3) is 0 Å². The molecule has 1 aromatic rings. The van der Waals surface area contributed by atoms with E-state index in [4.69, 9.17) is 16.3 Å². The molecule has 2 bridgehead atoms. The average molecular weight is 308 g/mol. The molecular weight excluding hydrogens is 282 g/mol. The number of hydrogen-bond acceptors (Lipinski definition) is 2. The summed E-state index contributed by atoms with van der Waals surface area (Å²) in [7, 11) is 1.68. The summed E-state index contributed by atoms with van der Waals surface area (Å²) in [4.78, 5) is 0. The third-order valence-electron chi connectivity index (χ3n) is 5.46. The van der Waals surface area contributed by atoms with E-state index in [0.717, 1.165) is 35.1 Å². The van der Waals surface area contributed by atoms with Gasteiger partial charge in [-0.1, -0.05) is 31.0 Å². The predicted molar refractivity (Wildman–Crippen MR) is 88.0 cm³/mol. The van der Waals surface area contributed by atoms with Crippen LogP contribution >= 0.6 is 11.6 Å². The van der Waals surface area contributed by atoms with E-state index in [-0.39, 0.29) is 0 Å². The summed E-state index contributed by atoms with van der Waals surface area (Å²) in [6.07, 6.45) is 7.04. The first-order chi connectivity index (χ1) is 10.2. The molecule has 116 valence electrons. The lowest BCUT2D eigenvalue weighted by Crippen LogP contribution is -2.25.